The van der Waals surface area contributed by atoms with Crippen molar-refractivity contribution in [2.75, 3.05) is 26.4 Å². The van der Waals surface area contributed by atoms with Crippen molar-refractivity contribution >= 4 is 11.8 Å². The first-order chi connectivity index (χ1) is 16.4. The second kappa shape index (κ2) is 7.84. The number of benzene rings is 1. The lowest BCUT2D eigenvalue weighted by molar-refractivity contribution is -0.247. The van der Waals surface area contributed by atoms with Crippen LogP contribution in [0.25, 0.3) is 0 Å². The maximum Gasteiger partial charge on any atom is 0.422 e. The third kappa shape index (κ3) is 3.78. The van der Waals surface area contributed by atoms with Gasteiger partial charge in [0.25, 0.3) is 6.02 Å². The van der Waals surface area contributed by atoms with Crippen LogP contribution in [0.4, 0.5) is 13.2 Å². The number of amidine groups is 1. The first kappa shape index (κ1) is 23.4. The number of halogens is 3. The Morgan fingerprint density at radius 3 is 2.51 bits per heavy atom. The van der Waals surface area contributed by atoms with Gasteiger partial charge in [-0.1, -0.05) is 6.07 Å². The molecular formula is C24H24F3N3O5. The quantitative estimate of drug-likeness (QED) is 0.641. The van der Waals surface area contributed by atoms with Crippen LogP contribution in [0.3, 0.4) is 0 Å². The van der Waals surface area contributed by atoms with E-state index in [1.54, 1.807) is 12.1 Å². The van der Waals surface area contributed by atoms with E-state index in [4.69, 9.17) is 24.9 Å². The number of hydrogen-bond acceptors (Lipinski definition) is 8. The SMILES string of the molecule is CC1(C)Oc2ccc(CC(=O)c3ccc(OCC(F)(F)F)cn3)cc2C2(COC(N)=N2)C12COC2. The van der Waals surface area contributed by atoms with Gasteiger partial charge in [0.2, 0.25) is 0 Å². The smallest absolute Gasteiger partial charge is 0.422 e. The number of aromatic nitrogens is 1. The highest BCUT2D eigenvalue weighted by atomic mass is 19.4. The summed E-state index contributed by atoms with van der Waals surface area (Å²) in [5.74, 6) is 0.264. The van der Waals surface area contributed by atoms with Crippen molar-refractivity contribution in [3.63, 3.8) is 0 Å². The minimum absolute atomic E-state index is 0.0199. The predicted octanol–water partition coefficient (Wildman–Crippen LogP) is 3.18. The molecule has 0 bridgehead atoms. The van der Waals surface area contributed by atoms with Crippen molar-refractivity contribution in [1.29, 1.82) is 0 Å². The molecule has 3 aliphatic rings. The van der Waals surface area contributed by atoms with E-state index in [0.29, 0.717) is 24.5 Å². The van der Waals surface area contributed by atoms with Gasteiger partial charge in [0.05, 0.1) is 24.8 Å². The molecule has 1 atom stereocenters. The van der Waals surface area contributed by atoms with Gasteiger partial charge in [-0.25, -0.2) is 9.98 Å². The minimum atomic E-state index is -4.46. The zero-order chi connectivity index (χ0) is 25.1. The Kier molecular flexibility index (Phi) is 5.24. The lowest BCUT2D eigenvalue weighted by Crippen LogP contribution is -2.71. The van der Waals surface area contributed by atoms with Gasteiger partial charge in [-0.2, -0.15) is 13.2 Å². The summed E-state index contributed by atoms with van der Waals surface area (Å²) in [4.78, 5) is 21.6. The van der Waals surface area contributed by atoms with Crippen molar-refractivity contribution < 1.29 is 36.9 Å². The highest BCUT2D eigenvalue weighted by molar-refractivity contribution is 5.95. The van der Waals surface area contributed by atoms with Crippen LogP contribution in [0, 0.1) is 5.41 Å². The second-order valence-electron chi connectivity index (χ2n) is 9.50. The lowest BCUT2D eigenvalue weighted by atomic mass is 9.55. The van der Waals surface area contributed by atoms with Crippen molar-refractivity contribution in [3.05, 3.63) is 53.3 Å². The number of rotatable bonds is 5. The van der Waals surface area contributed by atoms with Gasteiger partial charge < -0.3 is 24.7 Å². The van der Waals surface area contributed by atoms with Gasteiger partial charge in [-0.05, 0) is 43.7 Å². The zero-order valence-corrected chi connectivity index (χ0v) is 19.1. The van der Waals surface area contributed by atoms with Crippen molar-refractivity contribution in [2.45, 2.75) is 37.6 Å². The molecule has 1 fully saturated rings. The molecule has 4 heterocycles. The number of aliphatic imine (C=N–C) groups is 1. The molecule has 186 valence electrons. The summed E-state index contributed by atoms with van der Waals surface area (Å²) < 4.78 is 59.2. The summed E-state index contributed by atoms with van der Waals surface area (Å²) in [7, 11) is 0. The third-order valence-corrected chi connectivity index (χ3v) is 7.01. The summed E-state index contributed by atoms with van der Waals surface area (Å²) in [6.07, 6.45) is -3.34. The molecule has 2 N–H and O–H groups in total. The number of ketones is 1. The van der Waals surface area contributed by atoms with Crippen LogP contribution in [0.1, 0.15) is 35.5 Å². The van der Waals surface area contributed by atoms with Crippen molar-refractivity contribution in [1.82, 2.24) is 4.98 Å². The first-order valence-corrected chi connectivity index (χ1v) is 11.0. The number of hydrogen-bond donors (Lipinski definition) is 1. The lowest BCUT2D eigenvalue weighted by Gasteiger charge is -2.61. The Labute approximate surface area is 199 Å². The number of carbonyl (C=O) groups is 1. The first-order valence-electron chi connectivity index (χ1n) is 11.0. The monoisotopic (exact) mass is 491 g/mol. The van der Waals surface area contributed by atoms with E-state index in [-0.39, 0.29) is 36.3 Å². The van der Waals surface area contributed by atoms with Crippen LogP contribution < -0.4 is 15.2 Å². The average Bonchev–Trinajstić information content (AvgIpc) is 3.13. The molecule has 0 amide bonds. The second-order valence-corrected chi connectivity index (χ2v) is 9.50. The maximum absolute atomic E-state index is 12.9. The molecule has 0 aliphatic carbocycles. The van der Waals surface area contributed by atoms with E-state index in [0.717, 1.165) is 11.8 Å². The van der Waals surface area contributed by atoms with Crippen LogP contribution in [0.15, 0.2) is 41.5 Å². The molecule has 3 aliphatic heterocycles. The van der Waals surface area contributed by atoms with E-state index < -0.39 is 29.3 Å². The Balaban J connectivity index is 1.41. The van der Waals surface area contributed by atoms with E-state index in [9.17, 15) is 18.0 Å². The number of nitrogens with zero attached hydrogens (tertiary/aromatic N) is 2. The topological polar surface area (TPSA) is 105 Å². The number of nitrogens with two attached hydrogens (primary N) is 1. The molecule has 8 nitrogen and oxygen atoms in total. The zero-order valence-electron chi connectivity index (χ0n) is 19.1. The Morgan fingerprint density at radius 1 is 1.17 bits per heavy atom. The minimum Gasteiger partial charge on any atom is -0.487 e. The van der Waals surface area contributed by atoms with E-state index >= 15 is 0 Å². The molecule has 11 heteroatoms. The van der Waals surface area contributed by atoms with Gasteiger partial charge >= 0.3 is 6.18 Å². The van der Waals surface area contributed by atoms with Crippen LogP contribution in [-0.2, 0) is 21.4 Å². The molecular weight excluding hydrogens is 467 g/mol. The molecule has 1 aromatic carbocycles. The molecule has 1 unspecified atom stereocenters. The molecule has 0 radical (unpaired) electrons. The van der Waals surface area contributed by atoms with Crippen LogP contribution in [0.5, 0.6) is 11.5 Å². The Hall–Kier alpha value is -3.34. The molecule has 1 saturated heterocycles. The fourth-order valence-corrected chi connectivity index (χ4v) is 5.01. The number of Topliss-reactive ketones (excluding diaryl/α,β-unsaturated/α-hetero) is 1. The number of carbonyl (C=O) groups excluding carboxylic acids is 1. The molecule has 0 saturated carbocycles. The molecule has 5 rings (SSSR count). The Bertz CT molecular complexity index is 1190. The summed E-state index contributed by atoms with van der Waals surface area (Å²) in [5, 5.41) is 0. The summed E-state index contributed by atoms with van der Waals surface area (Å²) in [5.41, 5.74) is 5.62. The molecule has 35 heavy (non-hydrogen) atoms. The third-order valence-electron chi connectivity index (χ3n) is 7.01. The van der Waals surface area contributed by atoms with Crippen molar-refractivity contribution in [2.24, 2.45) is 16.1 Å². The number of alkyl halides is 3. The van der Waals surface area contributed by atoms with Gasteiger partial charge in [0.15, 0.2) is 12.4 Å². The highest BCUT2D eigenvalue weighted by Crippen LogP contribution is 2.62. The van der Waals surface area contributed by atoms with Crippen LogP contribution >= 0.6 is 0 Å². The largest absolute Gasteiger partial charge is 0.487 e. The fourth-order valence-electron chi connectivity index (χ4n) is 5.01. The standard InChI is InChI=1S/C24H24F3N3O5/c1-21(2)22(10-32-11-22)23(12-34-20(28)30-23)16-7-14(3-6-19(16)35-21)8-18(31)17-5-4-15(9-29-17)33-13-24(25,26)27/h3-7,9H,8,10-13H2,1-2H3,(H2,28,30). The predicted molar refractivity (Wildman–Crippen MR) is 117 cm³/mol. The van der Waals surface area contributed by atoms with E-state index in [1.807, 2.05) is 19.9 Å². The van der Waals surface area contributed by atoms with Crippen LogP contribution in [-0.4, -0.2) is 55.0 Å². The van der Waals surface area contributed by atoms with Gasteiger partial charge in [-0.3, -0.25) is 4.79 Å². The van der Waals surface area contributed by atoms with E-state index in [2.05, 4.69) is 9.72 Å². The van der Waals surface area contributed by atoms with Crippen LogP contribution in [0.2, 0.25) is 0 Å². The average molecular weight is 491 g/mol. The summed E-state index contributed by atoms with van der Waals surface area (Å²) in [6.45, 7) is 3.65. The van der Waals surface area contributed by atoms with Crippen molar-refractivity contribution in [3.8, 4) is 11.5 Å². The Morgan fingerprint density at radius 2 is 1.94 bits per heavy atom. The molecule has 1 aromatic heterocycles. The maximum atomic E-state index is 12.9. The number of fused-ring (bicyclic) bond motifs is 3. The summed E-state index contributed by atoms with van der Waals surface area (Å²) >= 11 is 0. The van der Waals surface area contributed by atoms with Gasteiger partial charge in [-0.15, -0.1) is 0 Å². The van der Waals surface area contributed by atoms with Gasteiger partial charge in [0.1, 0.15) is 34.9 Å². The van der Waals surface area contributed by atoms with Gasteiger partial charge in [0, 0.05) is 12.0 Å². The van der Waals surface area contributed by atoms with E-state index in [1.165, 1.54) is 12.1 Å². The normalized spacial score (nSPS) is 23.6. The molecule has 2 aromatic rings. The summed E-state index contributed by atoms with van der Waals surface area (Å²) in [6, 6.07) is 8.19. The number of ether oxygens (including phenoxy) is 4. The molecule has 2 spiro atoms. The number of pyridine rings is 1. The highest BCUT2D eigenvalue weighted by Gasteiger charge is 2.71. The fraction of sp³-hybridized carbons (Fsp3) is 0.458.